The molecule has 1 saturated carbocycles. The van der Waals surface area contributed by atoms with Gasteiger partial charge in [-0.05, 0) is 55.8 Å². The van der Waals surface area contributed by atoms with Crippen molar-refractivity contribution in [2.24, 2.45) is 11.7 Å². The number of carbonyl (C=O) groups excluding carboxylic acids is 2. The number of hydrogen-bond acceptors (Lipinski definition) is 3. The predicted molar refractivity (Wildman–Crippen MR) is 104 cm³/mol. The molecular weight excluding hydrogens is 396 g/mol. The summed E-state index contributed by atoms with van der Waals surface area (Å²) in [7, 11) is 0. The van der Waals surface area contributed by atoms with Gasteiger partial charge in [0.05, 0.1) is 0 Å². The standard InChI is InChI=1S/C19H27BrN4O2/c20-15-6-1-4-13(10-15)12-22-19(26)24-9-3-8-17(24)18(25)23-16-7-2-5-14(16)11-21/h1,4,6,10,14,16-17H,2-3,5,7-9,11-12,21H2,(H,22,26)(H,23,25)/t14-,16+,17-/m0/s1. The second kappa shape index (κ2) is 8.86. The Hall–Kier alpha value is -1.60. The molecule has 0 aromatic heterocycles. The molecule has 0 unspecified atom stereocenters. The van der Waals surface area contributed by atoms with Crippen LogP contribution in [0.3, 0.4) is 0 Å². The highest BCUT2D eigenvalue weighted by atomic mass is 79.9. The number of halogens is 1. The molecule has 2 aliphatic rings. The molecule has 142 valence electrons. The molecule has 4 N–H and O–H groups in total. The van der Waals surface area contributed by atoms with E-state index in [9.17, 15) is 9.59 Å². The van der Waals surface area contributed by atoms with E-state index in [1.165, 1.54) is 0 Å². The highest BCUT2D eigenvalue weighted by Gasteiger charge is 2.36. The Bertz CT molecular complexity index is 654. The highest BCUT2D eigenvalue weighted by Crippen LogP contribution is 2.26. The summed E-state index contributed by atoms with van der Waals surface area (Å²) < 4.78 is 0.980. The summed E-state index contributed by atoms with van der Waals surface area (Å²) in [5, 5.41) is 6.07. The fourth-order valence-electron chi connectivity index (χ4n) is 4.00. The van der Waals surface area contributed by atoms with Gasteiger partial charge >= 0.3 is 6.03 Å². The zero-order valence-electron chi connectivity index (χ0n) is 14.9. The maximum atomic E-state index is 12.7. The van der Waals surface area contributed by atoms with Crippen LogP contribution in [0.2, 0.25) is 0 Å². The van der Waals surface area contributed by atoms with E-state index in [-0.39, 0.29) is 24.0 Å². The molecule has 0 bridgehead atoms. The van der Waals surface area contributed by atoms with E-state index in [4.69, 9.17) is 5.73 Å². The molecule has 2 fully saturated rings. The van der Waals surface area contributed by atoms with Crippen LogP contribution in [0.4, 0.5) is 4.79 Å². The second-order valence-electron chi connectivity index (χ2n) is 7.18. The third-order valence-corrected chi connectivity index (χ3v) is 5.93. The Morgan fingerprint density at radius 3 is 2.85 bits per heavy atom. The van der Waals surface area contributed by atoms with Crippen molar-refractivity contribution in [3.63, 3.8) is 0 Å². The van der Waals surface area contributed by atoms with E-state index >= 15 is 0 Å². The van der Waals surface area contributed by atoms with Crippen LogP contribution in [0.5, 0.6) is 0 Å². The van der Waals surface area contributed by atoms with Crippen molar-refractivity contribution in [1.82, 2.24) is 15.5 Å². The van der Waals surface area contributed by atoms with Gasteiger partial charge in [-0.15, -0.1) is 0 Å². The van der Waals surface area contributed by atoms with Crippen molar-refractivity contribution in [2.75, 3.05) is 13.1 Å². The summed E-state index contributed by atoms with van der Waals surface area (Å²) in [5.41, 5.74) is 6.82. The molecule has 7 heteroatoms. The lowest BCUT2D eigenvalue weighted by Gasteiger charge is -2.27. The van der Waals surface area contributed by atoms with E-state index < -0.39 is 0 Å². The van der Waals surface area contributed by atoms with Gasteiger partial charge in [0, 0.05) is 23.6 Å². The van der Waals surface area contributed by atoms with Crippen LogP contribution in [0.1, 0.15) is 37.7 Å². The van der Waals surface area contributed by atoms with Gasteiger partial charge < -0.3 is 21.3 Å². The number of carbonyl (C=O) groups is 2. The molecule has 1 aliphatic heterocycles. The largest absolute Gasteiger partial charge is 0.351 e. The van der Waals surface area contributed by atoms with Crippen molar-refractivity contribution in [3.05, 3.63) is 34.3 Å². The quantitative estimate of drug-likeness (QED) is 0.680. The highest BCUT2D eigenvalue weighted by molar-refractivity contribution is 9.10. The Balaban J connectivity index is 1.55. The maximum absolute atomic E-state index is 12.7. The monoisotopic (exact) mass is 422 g/mol. The average Bonchev–Trinajstić information content (AvgIpc) is 3.28. The number of nitrogens with one attached hydrogen (secondary N) is 2. The van der Waals surface area contributed by atoms with Gasteiger partial charge in [-0.2, -0.15) is 0 Å². The smallest absolute Gasteiger partial charge is 0.318 e. The third kappa shape index (κ3) is 4.57. The summed E-state index contributed by atoms with van der Waals surface area (Å²) in [6.45, 7) is 1.67. The zero-order valence-corrected chi connectivity index (χ0v) is 16.5. The predicted octanol–water partition coefficient (Wildman–Crippen LogP) is 2.37. The molecular formula is C19H27BrN4O2. The number of likely N-dealkylation sites (tertiary alicyclic amines) is 1. The van der Waals surface area contributed by atoms with Crippen molar-refractivity contribution >= 4 is 27.9 Å². The fraction of sp³-hybridized carbons (Fsp3) is 0.579. The molecule has 0 radical (unpaired) electrons. The minimum Gasteiger partial charge on any atom is -0.351 e. The average molecular weight is 423 g/mol. The minimum atomic E-state index is -0.378. The molecule has 0 spiro atoms. The molecule has 1 aromatic rings. The minimum absolute atomic E-state index is 0.0366. The lowest BCUT2D eigenvalue weighted by atomic mass is 10.0. The van der Waals surface area contributed by atoms with Crippen LogP contribution in [0.25, 0.3) is 0 Å². The summed E-state index contributed by atoms with van der Waals surface area (Å²) in [6.07, 6.45) is 4.73. The van der Waals surface area contributed by atoms with Crippen LogP contribution in [0.15, 0.2) is 28.7 Å². The normalized spacial score (nSPS) is 25.3. The summed E-state index contributed by atoms with van der Waals surface area (Å²) in [4.78, 5) is 27.0. The number of amides is 3. The van der Waals surface area contributed by atoms with Gasteiger partial charge in [0.2, 0.25) is 5.91 Å². The fourth-order valence-corrected chi connectivity index (χ4v) is 4.44. The lowest BCUT2D eigenvalue weighted by molar-refractivity contribution is -0.125. The van der Waals surface area contributed by atoms with E-state index in [1.807, 2.05) is 24.3 Å². The number of nitrogens with two attached hydrogens (primary N) is 1. The first kappa shape index (κ1) is 19.2. The van der Waals surface area contributed by atoms with Crippen LogP contribution in [-0.2, 0) is 11.3 Å². The molecule has 1 aromatic carbocycles. The zero-order chi connectivity index (χ0) is 18.5. The molecule has 1 saturated heterocycles. The summed E-state index contributed by atoms with van der Waals surface area (Å²) in [5.74, 6) is 0.324. The number of nitrogens with zero attached hydrogens (tertiary/aromatic N) is 1. The van der Waals surface area contributed by atoms with Gasteiger partial charge in [0.1, 0.15) is 6.04 Å². The van der Waals surface area contributed by atoms with Gasteiger partial charge in [0.15, 0.2) is 0 Å². The first-order chi connectivity index (χ1) is 12.6. The molecule has 3 atom stereocenters. The Labute approximate surface area is 163 Å². The lowest BCUT2D eigenvalue weighted by Crippen LogP contribution is -2.52. The van der Waals surface area contributed by atoms with E-state index in [1.54, 1.807) is 4.90 Å². The topological polar surface area (TPSA) is 87.5 Å². The SMILES string of the molecule is NC[C@@H]1CCC[C@H]1NC(=O)[C@@H]1CCCN1C(=O)NCc1cccc(Br)c1. The molecule has 1 heterocycles. The maximum Gasteiger partial charge on any atom is 0.318 e. The van der Waals surface area contributed by atoms with E-state index in [0.717, 1.165) is 42.1 Å². The molecule has 1 aliphatic carbocycles. The number of benzene rings is 1. The molecule has 3 rings (SSSR count). The Morgan fingerprint density at radius 2 is 2.08 bits per heavy atom. The Kier molecular flexibility index (Phi) is 6.53. The summed E-state index contributed by atoms with van der Waals surface area (Å²) in [6, 6.07) is 7.42. The van der Waals surface area contributed by atoms with Crippen molar-refractivity contribution in [2.45, 2.75) is 50.7 Å². The van der Waals surface area contributed by atoms with Crippen molar-refractivity contribution < 1.29 is 9.59 Å². The number of rotatable bonds is 5. The summed E-state index contributed by atoms with van der Waals surface area (Å²) >= 11 is 3.43. The molecule has 6 nitrogen and oxygen atoms in total. The van der Waals surface area contributed by atoms with Gasteiger partial charge in [0.25, 0.3) is 0 Å². The first-order valence-corrected chi connectivity index (χ1v) is 10.2. The van der Waals surface area contributed by atoms with Crippen LogP contribution in [0, 0.1) is 5.92 Å². The molecule has 26 heavy (non-hydrogen) atoms. The number of urea groups is 1. The van der Waals surface area contributed by atoms with Crippen LogP contribution < -0.4 is 16.4 Å². The molecule has 3 amide bonds. The van der Waals surface area contributed by atoms with Crippen LogP contribution >= 0.6 is 15.9 Å². The van der Waals surface area contributed by atoms with E-state index in [0.29, 0.717) is 25.6 Å². The number of hydrogen-bond donors (Lipinski definition) is 3. The van der Waals surface area contributed by atoms with Crippen LogP contribution in [-0.4, -0.2) is 42.0 Å². The van der Waals surface area contributed by atoms with Crippen molar-refractivity contribution in [1.29, 1.82) is 0 Å². The van der Waals surface area contributed by atoms with E-state index in [2.05, 4.69) is 26.6 Å². The van der Waals surface area contributed by atoms with Crippen molar-refractivity contribution in [3.8, 4) is 0 Å². The van der Waals surface area contributed by atoms with Gasteiger partial charge in [-0.3, -0.25) is 4.79 Å². The third-order valence-electron chi connectivity index (χ3n) is 5.44. The first-order valence-electron chi connectivity index (χ1n) is 9.38. The second-order valence-corrected chi connectivity index (χ2v) is 8.10. The van der Waals surface area contributed by atoms with Gasteiger partial charge in [-0.1, -0.05) is 34.5 Å². The van der Waals surface area contributed by atoms with Gasteiger partial charge in [-0.25, -0.2) is 4.79 Å². The Morgan fingerprint density at radius 1 is 1.23 bits per heavy atom.